The molecule has 0 aromatic heterocycles. The minimum Gasteiger partial charge on any atom is -0.289 e. The molecule has 1 saturated carbocycles. The van der Waals surface area contributed by atoms with Crippen molar-refractivity contribution in [2.24, 2.45) is 5.92 Å². The molecule has 0 bridgehead atoms. The summed E-state index contributed by atoms with van der Waals surface area (Å²) in [5, 5.41) is 0. The molecule has 1 aliphatic rings. The van der Waals surface area contributed by atoms with Crippen LogP contribution in [0.1, 0.15) is 67.3 Å². The number of benzene rings is 3. The lowest BCUT2D eigenvalue weighted by Crippen LogP contribution is -2.13. The van der Waals surface area contributed by atoms with Gasteiger partial charge in [-0.3, -0.25) is 4.79 Å². The predicted octanol–water partition coefficient (Wildman–Crippen LogP) is 8.46. The van der Waals surface area contributed by atoms with Gasteiger partial charge in [0.25, 0.3) is 0 Å². The number of hydrogen-bond donors (Lipinski definition) is 0. The summed E-state index contributed by atoms with van der Waals surface area (Å²) in [6, 6.07) is 25.6. The third-order valence-corrected chi connectivity index (χ3v) is 6.83. The first kappa shape index (κ1) is 21.3. The molecule has 0 amide bonds. The summed E-state index contributed by atoms with van der Waals surface area (Å²) >= 11 is 0. The Balaban J connectivity index is 1.42. The molecule has 0 spiro atoms. The largest absolute Gasteiger partial charge is 0.289 e. The standard InChI is InChI=1S/C30H32O/c1-3-5-22-6-8-23(9-7-22)24-10-12-25(13-11-24)26-14-16-27(17-15-26)28-18-20-29(21-19-28)30(31)4-2/h4,10-23H,2-3,5-9H2,1H3. The van der Waals surface area contributed by atoms with Crippen LogP contribution in [-0.2, 0) is 0 Å². The van der Waals surface area contributed by atoms with E-state index in [1.807, 2.05) is 24.3 Å². The van der Waals surface area contributed by atoms with Gasteiger partial charge in [0.15, 0.2) is 5.78 Å². The Hall–Kier alpha value is -2.93. The molecule has 0 aliphatic heterocycles. The van der Waals surface area contributed by atoms with Crippen LogP contribution in [0.5, 0.6) is 0 Å². The second-order valence-electron chi connectivity index (χ2n) is 8.85. The lowest BCUT2D eigenvalue weighted by Gasteiger charge is -2.28. The monoisotopic (exact) mass is 408 g/mol. The number of ketones is 1. The number of carbonyl (C=O) groups excluding carboxylic acids is 1. The van der Waals surface area contributed by atoms with Gasteiger partial charge in [-0.15, -0.1) is 0 Å². The van der Waals surface area contributed by atoms with Crippen LogP contribution < -0.4 is 0 Å². The maximum atomic E-state index is 11.7. The van der Waals surface area contributed by atoms with Crippen molar-refractivity contribution in [2.45, 2.75) is 51.4 Å². The topological polar surface area (TPSA) is 17.1 Å². The van der Waals surface area contributed by atoms with Gasteiger partial charge in [0.05, 0.1) is 0 Å². The first-order chi connectivity index (χ1) is 15.2. The molecular weight excluding hydrogens is 376 g/mol. The van der Waals surface area contributed by atoms with Gasteiger partial charge < -0.3 is 0 Å². The summed E-state index contributed by atoms with van der Waals surface area (Å²) in [4.78, 5) is 11.7. The lowest BCUT2D eigenvalue weighted by atomic mass is 9.77. The average Bonchev–Trinajstić information content (AvgIpc) is 2.85. The highest BCUT2D eigenvalue weighted by Crippen LogP contribution is 2.38. The fourth-order valence-electron chi connectivity index (χ4n) is 4.94. The SMILES string of the molecule is C=CC(=O)c1ccc(-c2ccc(-c3ccc(C4CCC(CCC)CC4)cc3)cc2)cc1. The van der Waals surface area contributed by atoms with Crippen LogP contribution in [0.15, 0.2) is 85.5 Å². The van der Waals surface area contributed by atoms with Crippen LogP contribution in [-0.4, -0.2) is 5.78 Å². The Morgan fingerprint density at radius 3 is 1.68 bits per heavy atom. The summed E-state index contributed by atoms with van der Waals surface area (Å²) in [7, 11) is 0. The number of allylic oxidation sites excluding steroid dienone is 1. The third kappa shape index (κ3) is 5.05. The highest BCUT2D eigenvalue weighted by atomic mass is 16.1. The van der Waals surface area contributed by atoms with E-state index < -0.39 is 0 Å². The van der Waals surface area contributed by atoms with Gasteiger partial charge >= 0.3 is 0 Å². The van der Waals surface area contributed by atoms with Crippen LogP contribution in [0.3, 0.4) is 0 Å². The first-order valence-electron chi connectivity index (χ1n) is 11.7. The van der Waals surface area contributed by atoms with E-state index in [2.05, 4.69) is 62.0 Å². The van der Waals surface area contributed by atoms with Crippen molar-refractivity contribution in [1.82, 2.24) is 0 Å². The van der Waals surface area contributed by atoms with Gasteiger partial charge in [-0.2, -0.15) is 0 Å². The van der Waals surface area contributed by atoms with Crippen LogP contribution >= 0.6 is 0 Å². The second kappa shape index (κ2) is 9.92. The number of rotatable bonds is 7. The molecule has 1 heteroatoms. The summed E-state index contributed by atoms with van der Waals surface area (Å²) in [6.45, 7) is 5.85. The molecule has 1 nitrogen and oxygen atoms in total. The summed E-state index contributed by atoms with van der Waals surface area (Å²) in [6.07, 6.45) is 9.55. The van der Waals surface area contributed by atoms with Crippen LogP contribution in [0, 0.1) is 5.92 Å². The highest BCUT2D eigenvalue weighted by molar-refractivity contribution is 6.04. The van der Waals surface area contributed by atoms with Crippen LogP contribution in [0.4, 0.5) is 0 Å². The quantitative estimate of drug-likeness (QED) is 0.283. The molecule has 4 rings (SSSR count). The maximum Gasteiger partial charge on any atom is 0.185 e. The van der Waals surface area contributed by atoms with Gasteiger partial charge in [-0.25, -0.2) is 0 Å². The zero-order valence-corrected chi connectivity index (χ0v) is 18.5. The van der Waals surface area contributed by atoms with E-state index in [-0.39, 0.29) is 5.78 Å². The van der Waals surface area contributed by atoms with Crippen LogP contribution in [0.2, 0.25) is 0 Å². The minimum atomic E-state index is -0.0423. The number of hydrogen-bond acceptors (Lipinski definition) is 1. The van der Waals surface area contributed by atoms with Gasteiger partial charge in [0.2, 0.25) is 0 Å². The van der Waals surface area contributed by atoms with E-state index in [1.165, 1.54) is 61.3 Å². The zero-order valence-electron chi connectivity index (χ0n) is 18.5. The lowest BCUT2D eigenvalue weighted by molar-refractivity contribution is 0.104. The van der Waals surface area contributed by atoms with Crippen molar-refractivity contribution in [3.63, 3.8) is 0 Å². The third-order valence-electron chi connectivity index (χ3n) is 6.83. The van der Waals surface area contributed by atoms with Crippen molar-refractivity contribution in [3.8, 4) is 22.3 Å². The van der Waals surface area contributed by atoms with Crippen LogP contribution in [0.25, 0.3) is 22.3 Å². The molecule has 0 unspecified atom stereocenters. The summed E-state index contributed by atoms with van der Waals surface area (Å²) in [5.74, 6) is 1.65. The van der Waals surface area contributed by atoms with Gasteiger partial charge in [-0.1, -0.05) is 99.1 Å². The molecule has 1 aliphatic carbocycles. The van der Waals surface area contributed by atoms with Gasteiger partial charge in [0, 0.05) is 5.56 Å². The fraction of sp³-hybridized carbons (Fsp3) is 0.300. The molecule has 3 aromatic carbocycles. The normalized spacial score (nSPS) is 18.5. The molecule has 0 heterocycles. The van der Waals surface area contributed by atoms with E-state index in [0.717, 1.165) is 23.0 Å². The zero-order chi connectivity index (χ0) is 21.6. The predicted molar refractivity (Wildman–Crippen MR) is 131 cm³/mol. The van der Waals surface area contributed by atoms with E-state index in [4.69, 9.17) is 0 Å². The number of carbonyl (C=O) groups is 1. The maximum absolute atomic E-state index is 11.7. The first-order valence-corrected chi connectivity index (χ1v) is 11.7. The Morgan fingerprint density at radius 2 is 1.23 bits per heavy atom. The Kier molecular flexibility index (Phi) is 6.82. The Labute approximate surface area is 186 Å². The molecule has 0 N–H and O–H groups in total. The molecule has 3 aromatic rings. The smallest absolute Gasteiger partial charge is 0.185 e. The Morgan fingerprint density at radius 1 is 0.774 bits per heavy atom. The summed E-state index contributed by atoms with van der Waals surface area (Å²) in [5.41, 5.74) is 6.95. The molecular formula is C30H32O. The van der Waals surface area contributed by atoms with Crippen molar-refractivity contribution in [2.75, 3.05) is 0 Å². The fourth-order valence-corrected chi connectivity index (χ4v) is 4.94. The van der Waals surface area contributed by atoms with E-state index in [1.54, 1.807) is 0 Å². The summed E-state index contributed by atoms with van der Waals surface area (Å²) < 4.78 is 0. The highest BCUT2D eigenvalue weighted by Gasteiger charge is 2.21. The molecule has 0 atom stereocenters. The molecule has 1 fully saturated rings. The van der Waals surface area contributed by atoms with E-state index in [0.29, 0.717) is 5.56 Å². The Bertz CT molecular complexity index is 1000. The van der Waals surface area contributed by atoms with E-state index in [9.17, 15) is 4.79 Å². The average molecular weight is 409 g/mol. The molecule has 0 radical (unpaired) electrons. The molecule has 158 valence electrons. The molecule has 31 heavy (non-hydrogen) atoms. The van der Waals surface area contributed by atoms with Gasteiger partial charge in [-0.05, 0) is 71.4 Å². The van der Waals surface area contributed by atoms with Gasteiger partial charge in [0.1, 0.15) is 0 Å². The van der Waals surface area contributed by atoms with Crippen molar-refractivity contribution < 1.29 is 4.79 Å². The molecule has 0 saturated heterocycles. The van der Waals surface area contributed by atoms with E-state index >= 15 is 0 Å². The van der Waals surface area contributed by atoms with Crippen molar-refractivity contribution >= 4 is 5.78 Å². The van der Waals surface area contributed by atoms with Crippen molar-refractivity contribution in [1.29, 1.82) is 0 Å². The minimum absolute atomic E-state index is 0.0423. The van der Waals surface area contributed by atoms with Crippen molar-refractivity contribution in [3.05, 3.63) is 96.6 Å². The second-order valence-corrected chi connectivity index (χ2v) is 8.85.